The summed E-state index contributed by atoms with van der Waals surface area (Å²) < 4.78 is 1.04. The molecule has 2 heterocycles. The summed E-state index contributed by atoms with van der Waals surface area (Å²) in [5.41, 5.74) is 2.08. The first kappa shape index (κ1) is 16.2. The van der Waals surface area contributed by atoms with Crippen molar-refractivity contribution in [2.75, 3.05) is 6.54 Å². The van der Waals surface area contributed by atoms with E-state index < -0.39 is 0 Å². The van der Waals surface area contributed by atoms with Gasteiger partial charge in [-0.3, -0.25) is 4.79 Å². The van der Waals surface area contributed by atoms with Crippen molar-refractivity contribution in [3.8, 4) is 11.3 Å². The molecule has 1 fully saturated rings. The second kappa shape index (κ2) is 6.87. The normalized spacial score (nSPS) is 17.9. The van der Waals surface area contributed by atoms with Crippen LogP contribution in [-0.2, 0) is 4.79 Å². The van der Waals surface area contributed by atoms with Crippen molar-refractivity contribution in [2.45, 2.75) is 39.2 Å². The fourth-order valence-corrected chi connectivity index (χ4v) is 3.52. The molecule has 0 spiro atoms. The molecule has 0 radical (unpaired) electrons. The number of nitrogens with zero attached hydrogens (tertiary/aromatic N) is 2. The molecular formula is C18H22BrN3O. The minimum atomic E-state index is 0.0853. The van der Waals surface area contributed by atoms with E-state index in [1.807, 2.05) is 23.2 Å². The fourth-order valence-electron chi connectivity index (χ4n) is 3.12. The molecule has 3 rings (SSSR count). The van der Waals surface area contributed by atoms with Crippen LogP contribution < -0.4 is 0 Å². The smallest absolute Gasteiger partial charge is 0.223 e. The molecule has 1 atom stereocenters. The van der Waals surface area contributed by atoms with E-state index in [4.69, 9.17) is 0 Å². The molecular weight excluding hydrogens is 354 g/mol. The molecule has 1 unspecified atom stereocenters. The molecule has 5 heteroatoms. The molecule has 4 nitrogen and oxygen atoms in total. The molecule has 0 aliphatic carbocycles. The van der Waals surface area contributed by atoms with E-state index in [9.17, 15) is 4.79 Å². The van der Waals surface area contributed by atoms with E-state index in [1.54, 1.807) is 0 Å². The fraction of sp³-hybridized carbons (Fsp3) is 0.444. The van der Waals surface area contributed by atoms with Crippen molar-refractivity contribution in [3.63, 3.8) is 0 Å². The van der Waals surface area contributed by atoms with Crippen LogP contribution >= 0.6 is 15.9 Å². The van der Waals surface area contributed by atoms with Gasteiger partial charge in [0.15, 0.2) is 0 Å². The molecule has 1 saturated heterocycles. The lowest BCUT2D eigenvalue weighted by atomic mass is 10.1. The Bertz CT molecular complexity index is 695. The van der Waals surface area contributed by atoms with Gasteiger partial charge < -0.3 is 9.88 Å². The minimum Gasteiger partial charge on any atom is -0.340 e. The highest BCUT2D eigenvalue weighted by atomic mass is 79.9. The maximum atomic E-state index is 12.4. The Morgan fingerprint density at radius 3 is 3.04 bits per heavy atom. The number of amides is 1. The first-order valence-electron chi connectivity index (χ1n) is 8.15. The summed E-state index contributed by atoms with van der Waals surface area (Å²) in [5.74, 6) is 1.52. The summed E-state index contributed by atoms with van der Waals surface area (Å²) in [4.78, 5) is 22.4. The van der Waals surface area contributed by atoms with E-state index in [2.05, 4.69) is 51.9 Å². The second-order valence-corrected chi connectivity index (χ2v) is 7.45. The van der Waals surface area contributed by atoms with E-state index in [0.29, 0.717) is 12.3 Å². The Morgan fingerprint density at radius 2 is 2.30 bits per heavy atom. The van der Waals surface area contributed by atoms with Crippen molar-refractivity contribution in [1.29, 1.82) is 0 Å². The van der Waals surface area contributed by atoms with Gasteiger partial charge in [0, 0.05) is 23.0 Å². The van der Waals surface area contributed by atoms with Gasteiger partial charge in [0.05, 0.1) is 17.9 Å². The molecule has 1 aliphatic heterocycles. The van der Waals surface area contributed by atoms with Gasteiger partial charge in [-0.25, -0.2) is 4.98 Å². The lowest BCUT2D eigenvalue weighted by Crippen LogP contribution is -2.31. The summed E-state index contributed by atoms with van der Waals surface area (Å²) in [6.07, 6.45) is 4.49. The molecule has 1 aromatic carbocycles. The summed E-state index contributed by atoms with van der Waals surface area (Å²) in [6, 6.07) is 8.21. The maximum Gasteiger partial charge on any atom is 0.223 e. The standard InChI is InChI=1S/C18H22BrN3O/c1-12(2)9-17(23)22-8-4-7-16(22)18-20-11-15(21-18)13-5-3-6-14(19)10-13/h3,5-6,10-12,16H,4,7-9H2,1-2H3,(H,20,21). The lowest BCUT2D eigenvalue weighted by molar-refractivity contribution is -0.133. The van der Waals surface area contributed by atoms with Crippen molar-refractivity contribution >= 4 is 21.8 Å². The van der Waals surface area contributed by atoms with Gasteiger partial charge >= 0.3 is 0 Å². The van der Waals surface area contributed by atoms with Crippen LogP contribution in [0.15, 0.2) is 34.9 Å². The molecule has 1 aromatic heterocycles. The van der Waals surface area contributed by atoms with E-state index in [1.165, 1.54) is 0 Å². The molecule has 0 bridgehead atoms. The summed E-state index contributed by atoms with van der Waals surface area (Å²) in [5, 5.41) is 0. The number of carbonyl (C=O) groups is 1. The zero-order chi connectivity index (χ0) is 16.4. The largest absolute Gasteiger partial charge is 0.340 e. The summed E-state index contributed by atoms with van der Waals surface area (Å²) in [6.45, 7) is 5.01. The van der Waals surface area contributed by atoms with Crippen molar-refractivity contribution < 1.29 is 4.79 Å². The quantitative estimate of drug-likeness (QED) is 0.851. The predicted octanol–water partition coefficient (Wildman–Crippen LogP) is 4.55. The number of imidazole rings is 1. The monoisotopic (exact) mass is 375 g/mol. The number of nitrogens with one attached hydrogen (secondary N) is 1. The van der Waals surface area contributed by atoms with Gasteiger partial charge in [-0.05, 0) is 30.9 Å². The highest BCUT2D eigenvalue weighted by Crippen LogP contribution is 2.32. The number of aromatic amines is 1. The second-order valence-electron chi connectivity index (χ2n) is 6.54. The first-order valence-corrected chi connectivity index (χ1v) is 8.94. The Hall–Kier alpha value is -1.62. The number of benzene rings is 1. The highest BCUT2D eigenvalue weighted by Gasteiger charge is 2.31. The molecule has 2 aromatic rings. The first-order chi connectivity index (χ1) is 11.0. The topological polar surface area (TPSA) is 49.0 Å². The van der Waals surface area contributed by atoms with Gasteiger partial charge in [0.25, 0.3) is 0 Å². The molecule has 122 valence electrons. The van der Waals surface area contributed by atoms with Crippen LogP contribution in [0, 0.1) is 5.92 Å². The maximum absolute atomic E-state index is 12.4. The number of halogens is 1. The zero-order valence-electron chi connectivity index (χ0n) is 13.6. The molecule has 1 N–H and O–H groups in total. The average molecular weight is 376 g/mol. The number of H-pyrrole nitrogens is 1. The third-order valence-corrected chi connectivity index (χ3v) is 4.70. The van der Waals surface area contributed by atoms with Crippen LogP contribution in [0.25, 0.3) is 11.3 Å². The predicted molar refractivity (Wildman–Crippen MR) is 94.9 cm³/mol. The average Bonchev–Trinajstić information content (AvgIpc) is 3.15. The number of rotatable bonds is 4. The van der Waals surface area contributed by atoms with Crippen LogP contribution in [0.1, 0.15) is 45.0 Å². The molecule has 23 heavy (non-hydrogen) atoms. The van der Waals surface area contributed by atoms with Crippen LogP contribution in [0.4, 0.5) is 0 Å². The Kier molecular flexibility index (Phi) is 4.85. The van der Waals surface area contributed by atoms with Crippen LogP contribution in [-0.4, -0.2) is 27.3 Å². The van der Waals surface area contributed by atoms with Crippen molar-refractivity contribution in [1.82, 2.24) is 14.9 Å². The SMILES string of the molecule is CC(C)CC(=O)N1CCCC1c1ncc(-c2cccc(Br)c2)[nH]1. The third kappa shape index (κ3) is 3.66. The van der Waals surface area contributed by atoms with Gasteiger partial charge in [0.2, 0.25) is 5.91 Å². The van der Waals surface area contributed by atoms with Crippen molar-refractivity contribution in [2.24, 2.45) is 5.92 Å². The van der Waals surface area contributed by atoms with E-state index in [-0.39, 0.29) is 11.9 Å². The van der Waals surface area contributed by atoms with Crippen LogP contribution in [0.3, 0.4) is 0 Å². The van der Waals surface area contributed by atoms with Crippen molar-refractivity contribution in [3.05, 3.63) is 40.8 Å². The summed E-state index contributed by atoms with van der Waals surface area (Å²) >= 11 is 3.50. The van der Waals surface area contributed by atoms with Gasteiger partial charge in [0.1, 0.15) is 5.82 Å². The molecule has 1 aliphatic rings. The number of hydrogen-bond acceptors (Lipinski definition) is 2. The molecule has 1 amide bonds. The van der Waals surface area contributed by atoms with Crippen LogP contribution in [0.2, 0.25) is 0 Å². The van der Waals surface area contributed by atoms with Gasteiger partial charge in [-0.15, -0.1) is 0 Å². The minimum absolute atomic E-state index is 0.0853. The Balaban J connectivity index is 1.80. The number of carbonyl (C=O) groups excluding carboxylic acids is 1. The van der Waals surface area contributed by atoms with Crippen LogP contribution in [0.5, 0.6) is 0 Å². The number of aromatic nitrogens is 2. The zero-order valence-corrected chi connectivity index (χ0v) is 15.1. The third-order valence-electron chi connectivity index (χ3n) is 4.20. The van der Waals surface area contributed by atoms with Gasteiger partial charge in [-0.1, -0.05) is 41.9 Å². The summed E-state index contributed by atoms with van der Waals surface area (Å²) in [7, 11) is 0. The Morgan fingerprint density at radius 1 is 1.48 bits per heavy atom. The lowest BCUT2D eigenvalue weighted by Gasteiger charge is -2.24. The van der Waals surface area contributed by atoms with E-state index in [0.717, 1.165) is 40.9 Å². The highest BCUT2D eigenvalue weighted by molar-refractivity contribution is 9.10. The number of hydrogen-bond donors (Lipinski definition) is 1. The van der Waals surface area contributed by atoms with Gasteiger partial charge in [-0.2, -0.15) is 0 Å². The van der Waals surface area contributed by atoms with E-state index >= 15 is 0 Å². The molecule has 0 saturated carbocycles. The Labute approximate surface area is 145 Å². The number of likely N-dealkylation sites (tertiary alicyclic amines) is 1.